The van der Waals surface area contributed by atoms with Gasteiger partial charge in [0.05, 0.1) is 13.7 Å². The van der Waals surface area contributed by atoms with Crippen LogP contribution in [0, 0.1) is 5.92 Å². The van der Waals surface area contributed by atoms with E-state index in [1.165, 1.54) is 12.0 Å². The summed E-state index contributed by atoms with van der Waals surface area (Å²) in [5.74, 6) is -0.456. The van der Waals surface area contributed by atoms with E-state index >= 15 is 0 Å². The third-order valence-corrected chi connectivity index (χ3v) is 3.11. The highest BCUT2D eigenvalue weighted by atomic mass is 16.6. The molecule has 23 heavy (non-hydrogen) atoms. The van der Waals surface area contributed by atoms with Gasteiger partial charge in [0, 0.05) is 13.1 Å². The van der Waals surface area contributed by atoms with Crippen molar-refractivity contribution in [2.24, 2.45) is 5.92 Å². The summed E-state index contributed by atoms with van der Waals surface area (Å²) < 4.78 is 15.3. The summed E-state index contributed by atoms with van der Waals surface area (Å²) in [4.78, 5) is 25.2. The van der Waals surface area contributed by atoms with Gasteiger partial charge in [0.15, 0.2) is 5.76 Å². The number of esters is 1. The van der Waals surface area contributed by atoms with Gasteiger partial charge in [-0.15, -0.1) is 0 Å². The number of ether oxygens (including phenoxy) is 2. The summed E-state index contributed by atoms with van der Waals surface area (Å²) in [7, 11) is 2.95. The first-order chi connectivity index (χ1) is 10.5. The summed E-state index contributed by atoms with van der Waals surface area (Å²) in [5.41, 5.74) is -0.0172. The van der Waals surface area contributed by atoms with Gasteiger partial charge in [0.2, 0.25) is 0 Å². The van der Waals surface area contributed by atoms with Crippen LogP contribution in [0.1, 0.15) is 52.0 Å². The fourth-order valence-electron chi connectivity index (χ4n) is 2.04. The van der Waals surface area contributed by atoms with Gasteiger partial charge in [-0.25, -0.2) is 4.79 Å². The molecule has 1 aromatic heterocycles. The second kappa shape index (κ2) is 7.48. The topological polar surface area (TPSA) is 81.9 Å². The quantitative estimate of drug-likeness (QED) is 0.774. The molecule has 0 radical (unpaired) electrons. The minimum Gasteiger partial charge on any atom is -0.468 e. The molecule has 130 valence electrons. The Bertz CT molecular complexity index is 545. The van der Waals surface area contributed by atoms with E-state index in [9.17, 15) is 9.59 Å². The Labute approximate surface area is 136 Å². The molecule has 0 saturated heterocycles. The largest absolute Gasteiger partial charge is 0.468 e. The van der Waals surface area contributed by atoms with Gasteiger partial charge in [-0.2, -0.15) is 0 Å². The molecule has 1 heterocycles. The molecule has 1 aromatic rings. The third kappa shape index (κ3) is 5.58. The lowest BCUT2D eigenvalue weighted by molar-refractivity contribution is -0.144. The van der Waals surface area contributed by atoms with Gasteiger partial charge in [-0.05, 0) is 26.7 Å². The number of methoxy groups -OCH3 is 1. The van der Waals surface area contributed by atoms with E-state index in [2.05, 4.69) is 5.16 Å². The van der Waals surface area contributed by atoms with E-state index in [1.54, 1.807) is 33.9 Å². The standard InChI is InChI=1S/C16H26N2O5/c1-10(2)13(14(19)21-7)12-8-11(17-23-12)9-18(6)15(20)22-16(3,4)5/h8,10,13H,9H2,1-7H3. The summed E-state index contributed by atoms with van der Waals surface area (Å²) in [6.07, 6.45) is -0.449. The lowest BCUT2D eigenvalue weighted by Crippen LogP contribution is -2.33. The number of carbonyl (C=O) groups is 2. The van der Waals surface area contributed by atoms with Crippen molar-refractivity contribution in [3.05, 3.63) is 17.5 Å². The van der Waals surface area contributed by atoms with Gasteiger partial charge in [0.1, 0.15) is 17.2 Å². The van der Waals surface area contributed by atoms with Gasteiger partial charge in [0.25, 0.3) is 0 Å². The van der Waals surface area contributed by atoms with E-state index in [0.29, 0.717) is 11.5 Å². The van der Waals surface area contributed by atoms with Crippen molar-refractivity contribution in [1.82, 2.24) is 10.1 Å². The molecule has 0 fully saturated rings. The van der Waals surface area contributed by atoms with Crippen LogP contribution < -0.4 is 0 Å². The Morgan fingerprint density at radius 2 is 1.96 bits per heavy atom. The maximum Gasteiger partial charge on any atom is 0.410 e. The smallest absolute Gasteiger partial charge is 0.410 e. The molecule has 1 rings (SSSR count). The number of hydrogen-bond acceptors (Lipinski definition) is 6. The second-order valence-electron chi connectivity index (χ2n) is 6.80. The maximum atomic E-state index is 11.9. The molecule has 0 aliphatic rings. The van der Waals surface area contributed by atoms with Crippen LogP contribution in [-0.4, -0.2) is 41.9 Å². The SMILES string of the molecule is COC(=O)C(c1cc(CN(C)C(=O)OC(C)(C)C)no1)C(C)C. The molecule has 1 amide bonds. The van der Waals surface area contributed by atoms with Crippen molar-refractivity contribution in [3.63, 3.8) is 0 Å². The van der Waals surface area contributed by atoms with Crippen molar-refractivity contribution >= 4 is 12.1 Å². The van der Waals surface area contributed by atoms with Crippen molar-refractivity contribution < 1.29 is 23.6 Å². The molecule has 1 atom stereocenters. The van der Waals surface area contributed by atoms with Crippen molar-refractivity contribution in [1.29, 1.82) is 0 Å². The fourth-order valence-corrected chi connectivity index (χ4v) is 2.04. The van der Waals surface area contributed by atoms with Crippen LogP contribution in [0.3, 0.4) is 0 Å². The lowest BCUT2D eigenvalue weighted by atomic mass is 9.93. The number of amides is 1. The molecule has 7 nitrogen and oxygen atoms in total. The van der Waals surface area contributed by atoms with Crippen LogP contribution in [-0.2, 0) is 20.8 Å². The summed E-state index contributed by atoms with van der Waals surface area (Å²) in [6.45, 7) is 9.43. The summed E-state index contributed by atoms with van der Waals surface area (Å²) >= 11 is 0. The Hall–Kier alpha value is -2.05. The van der Waals surface area contributed by atoms with E-state index in [4.69, 9.17) is 14.0 Å². The van der Waals surface area contributed by atoms with Gasteiger partial charge in [-0.1, -0.05) is 19.0 Å². The van der Waals surface area contributed by atoms with E-state index in [-0.39, 0.29) is 18.4 Å². The summed E-state index contributed by atoms with van der Waals surface area (Å²) in [5, 5.41) is 3.92. The van der Waals surface area contributed by atoms with Crippen molar-refractivity contribution in [2.75, 3.05) is 14.2 Å². The maximum absolute atomic E-state index is 11.9. The van der Waals surface area contributed by atoms with Gasteiger partial charge < -0.3 is 18.9 Å². The minimum atomic E-state index is -0.562. The normalized spacial score (nSPS) is 12.9. The molecule has 0 spiro atoms. The van der Waals surface area contributed by atoms with Crippen LogP contribution in [0.4, 0.5) is 4.79 Å². The average molecular weight is 326 g/mol. The first-order valence-corrected chi connectivity index (χ1v) is 7.52. The van der Waals surface area contributed by atoms with Crippen LogP contribution in [0.25, 0.3) is 0 Å². The molecular formula is C16H26N2O5. The zero-order chi connectivity index (χ0) is 17.8. The molecule has 0 N–H and O–H groups in total. The molecule has 0 aliphatic carbocycles. The van der Waals surface area contributed by atoms with Crippen molar-refractivity contribution in [3.8, 4) is 0 Å². The average Bonchev–Trinajstić information content (AvgIpc) is 2.84. The number of aromatic nitrogens is 1. The second-order valence-corrected chi connectivity index (χ2v) is 6.80. The Kier molecular flexibility index (Phi) is 6.18. The number of rotatable bonds is 5. The van der Waals surface area contributed by atoms with Crippen LogP contribution in [0.2, 0.25) is 0 Å². The van der Waals surface area contributed by atoms with E-state index in [1.807, 2.05) is 13.8 Å². The molecule has 0 bridgehead atoms. The third-order valence-electron chi connectivity index (χ3n) is 3.11. The van der Waals surface area contributed by atoms with Crippen molar-refractivity contribution in [2.45, 2.75) is 52.7 Å². The van der Waals surface area contributed by atoms with E-state index < -0.39 is 17.6 Å². The highest BCUT2D eigenvalue weighted by Gasteiger charge is 2.29. The lowest BCUT2D eigenvalue weighted by Gasteiger charge is -2.24. The highest BCUT2D eigenvalue weighted by Crippen LogP contribution is 2.26. The first kappa shape index (κ1) is 19.0. The van der Waals surface area contributed by atoms with Crippen LogP contribution in [0.15, 0.2) is 10.6 Å². The summed E-state index contributed by atoms with van der Waals surface area (Å²) in [6, 6.07) is 1.67. The number of carbonyl (C=O) groups excluding carboxylic acids is 2. The predicted molar refractivity (Wildman–Crippen MR) is 83.8 cm³/mol. The van der Waals surface area contributed by atoms with Gasteiger partial charge in [-0.3, -0.25) is 4.79 Å². The monoisotopic (exact) mass is 326 g/mol. The van der Waals surface area contributed by atoms with Crippen LogP contribution in [0.5, 0.6) is 0 Å². The predicted octanol–water partition coefficient (Wildman–Crippen LogP) is 2.95. The van der Waals surface area contributed by atoms with Gasteiger partial charge >= 0.3 is 12.1 Å². The zero-order valence-corrected chi connectivity index (χ0v) is 14.9. The molecule has 1 unspecified atom stereocenters. The fraction of sp³-hybridized carbons (Fsp3) is 0.688. The Balaban J connectivity index is 2.79. The molecule has 0 aromatic carbocycles. The van der Waals surface area contributed by atoms with Crippen LogP contribution >= 0.6 is 0 Å². The molecule has 0 aliphatic heterocycles. The highest BCUT2D eigenvalue weighted by molar-refractivity contribution is 5.77. The zero-order valence-electron chi connectivity index (χ0n) is 14.9. The number of hydrogen-bond donors (Lipinski definition) is 0. The first-order valence-electron chi connectivity index (χ1n) is 7.52. The molecule has 7 heteroatoms. The molecule has 0 saturated carbocycles. The minimum absolute atomic E-state index is 0.00633. The number of nitrogens with zero attached hydrogens (tertiary/aromatic N) is 2. The Morgan fingerprint density at radius 3 is 2.43 bits per heavy atom. The Morgan fingerprint density at radius 1 is 1.35 bits per heavy atom. The molecular weight excluding hydrogens is 300 g/mol. The van der Waals surface area contributed by atoms with E-state index in [0.717, 1.165) is 0 Å².